The van der Waals surface area contributed by atoms with Gasteiger partial charge in [-0.25, -0.2) is 4.79 Å². The van der Waals surface area contributed by atoms with Gasteiger partial charge in [0.25, 0.3) is 0 Å². The second-order valence-electron chi connectivity index (χ2n) is 13.4. The molecule has 0 saturated heterocycles. The molecule has 9 atom stereocenters. The molecule has 4 nitrogen and oxygen atoms in total. The first-order valence-electron chi connectivity index (χ1n) is 15.0. The van der Waals surface area contributed by atoms with E-state index in [0.29, 0.717) is 52.4 Å². The van der Waals surface area contributed by atoms with Crippen LogP contribution in [0.5, 0.6) is 0 Å². The molecule has 0 aromatic heterocycles. The quantitative estimate of drug-likeness (QED) is 0.293. The van der Waals surface area contributed by atoms with Gasteiger partial charge < -0.3 is 9.84 Å². The minimum atomic E-state index is -0.715. The highest BCUT2D eigenvalue weighted by Gasteiger charge is 2.58. The smallest absolute Gasteiger partial charge is 0.338 e. The fraction of sp³-hybridized carbons (Fsp3) is 0.647. The van der Waals surface area contributed by atoms with Crippen molar-refractivity contribution < 1.29 is 19.4 Å². The first kappa shape index (κ1) is 27.2. The predicted octanol–water partition coefficient (Wildman–Crippen LogP) is 8.09. The topological polar surface area (TPSA) is 63.6 Å². The molecule has 38 heavy (non-hydrogen) atoms. The second-order valence-corrected chi connectivity index (χ2v) is 13.4. The van der Waals surface area contributed by atoms with Crippen molar-refractivity contribution in [1.29, 1.82) is 0 Å². The van der Waals surface area contributed by atoms with Gasteiger partial charge in [-0.15, -0.1) is 0 Å². The number of carboxylic acid groups (broad SMARTS) is 1. The summed E-state index contributed by atoms with van der Waals surface area (Å²) < 4.78 is 5.99. The maximum atomic E-state index is 12.7. The highest BCUT2D eigenvalue weighted by Crippen LogP contribution is 2.66. The molecule has 4 aliphatic rings. The van der Waals surface area contributed by atoms with Crippen LogP contribution in [0.1, 0.15) is 95.8 Å². The standard InChI is InChI=1S/C34H46O4/c1-22(9-8-10-23(2)31(35)36)28-15-16-29-27-14-13-25-21-26(38-32(37)24-11-6-5-7-12-24)17-19-33(25,3)30(27)18-20-34(28,29)4/h5-9,11-12,14,22-23,25-26,28-30H,10,13,15-21H2,1-4H3,(H,35,36)/b9-8+/t22-,23-,25+,26+,28-,29+,30+,33+,34-/m1/s1. The van der Waals surface area contributed by atoms with Crippen LogP contribution >= 0.6 is 0 Å². The minimum absolute atomic E-state index is 0.0249. The molecule has 0 amide bonds. The van der Waals surface area contributed by atoms with Crippen molar-refractivity contribution in [2.24, 2.45) is 46.3 Å². The Kier molecular flexibility index (Phi) is 7.64. The number of rotatable bonds is 7. The zero-order valence-corrected chi connectivity index (χ0v) is 23.7. The molecule has 4 heteroatoms. The van der Waals surface area contributed by atoms with Crippen LogP contribution in [-0.2, 0) is 9.53 Å². The number of carboxylic acids is 1. The Morgan fingerprint density at radius 2 is 1.74 bits per heavy atom. The molecule has 1 aromatic carbocycles. The number of hydrogen-bond acceptors (Lipinski definition) is 3. The van der Waals surface area contributed by atoms with Gasteiger partial charge in [-0.05, 0) is 110 Å². The molecule has 0 heterocycles. The maximum absolute atomic E-state index is 12.7. The van der Waals surface area contributed by atoms with E-state index in [9.17, 15) is 14.7 Å². The monoisotopic (exact) mass is 518 g/mol. The van der Waals surface area contributed by atoms with E-state index < -0.39 is 5.97 Å². The number of ether oxygens (including phenoxy) is 1. The molecule has 1 aromatic rings. The third-order valence-corrected chi connectivity index (χ3v) is 11.4. The number of allylic oxidation sites excluding steroid dienone is 4. The Balaban J connectivity index is 1.26. The SMILES string of the molecule is C[C@H](C/C=C/[C@@H](C)[C@H]1CC[C@H]2C3=CC[C@H]4C[C@@H](OC(=O)c5ccccc5)CC[C@]4(C)[C@H]3CC[C@]12C)C(=O)O. The van der Waals surface area contributed by atoms with Crippen molar-refractivity contribution in [2.45, 2.75) is 91.6 Å². The zero-order chi connectivity index (χ0) is 27.1. The molecule has 206 valence electrons. The fourth-order valence-electron chi connectivity index (χ4n) is 9.01. The highest BCUT2D eigenvalue weighted by atomic mass is 16.5. The number of benzene rings is 1. The van der Waals surface area contributed by atoms with Crippen LogP contribution in [-0.4, -0.2) is 23.1 Å². The minimum Gasteiger partial charge on any atom is -0.481 e. The van der Waals surface area contributed by atoms with Crippen LogP contribution < -0.4 is 0 Å². The summed E-state index contributed by atoms with van der Waals surface area (Å²) in [6.45, 7) is 9.21. The number of fused-ring (bicyclic) bond motifs is 5. The number of hydrogen-bond donors (Lipinski definition) is 1. The van der Waals surface area contributed by atoms with E-state index in [1.54, 1.807) is 12.5 Å². The molecule has 0 unspecified atom stereocenters. The third-order valence-electron chi connectivity index (χ3n) is 11.4. The fourth-order valence-corrected chi connectivity index (χ4v) is 9.01. The van der Waals surface area contributed by atoms with Crippen molar-refractivity contribution in [2.75, 3.05) is 0 Å². The lowest BCUT2D eigenvalue weighted by Gasteiger charge is -2.58. The Bertz CT molecular complexity index is 1090. The lowest BCUT2D eigenvalue weighted by atomic mass is 9.47. The molecule has 0 bridgehead atoms. The number of esters is 1. The summed E-state index contributed by atoms with van der Waals surface area (Å²) in [5.74, 6) is 1.83. The second kappa shape index (κ2) is 10.7. The summed E-state index contributed by atoms with van der Waals surface area (Å²) in [5, 5.41) is 9.21. The van der Waals surface area contributed by atoms with Gasteiger partial charge in [-0.2, -0.15) is 0 Å². The van der Waals surface area contributed by atoms with Crippen molar-refractivity contribution in [3.05, 3.63) is 59.7 Å². The Hall–Kier alpha value is -2.36. The zero-order valence-electron chi connectivity index (χ0n) is 23.7. The predicted molar refractivity (Wildman–Crippen MR) is 151 cm³/mol. The van der Waals surface area contributed by atoms with Crippen LogP contribution in [0.3, 0.4) is 0 Å². The Labute approximate surface area is 228 Å². The molecule has 0 spiro atoms. The summed E-state index contributed by atoms with van der Waals surface area (Å²) in [4.78, 5) is 23.9. The van der Waals surface area contributed by atoms with Gasteiger partial charge in [-0.1, -0.05) is 69.7 Å². The van der Waals surface area contributed by atoms with E-state index in [0.717, 1.165) is 25.7 Å². The van der Waals surface area contributed by atoms with Crippen LogP contribution in [0.25, 0.3) is 0 Å². The van der Waals surface area contributed by atoms with Crippen molar-refractivity contribution in [3.63, 3.8) is 0 Å². The Morgan fingerprint density at radius 3 is 2.47 bits per heavy atom. The summed E-state index contributed by atoms with van der Waals surface area (Å²) in [6, 6.07) is 9.39. The van der Waals surface area contributed by atoms with Gasteiger partial charge in [-0.3, -0.25) is 4.79 Å². The average molecular weight is 519 g/mol. The molecule has 5 rings (SSSR count). The van der Waals surface area contributed by atoms with E-state index in [1.165, 1.54) is 25.7 Å². The van der Waals surface area contributed by atoms with Crippen molar-refractivity contribution in [3.8, 4) is 0 Å². The molecular weight excluding hydrogens is 472 g/mol. The molecule has 1 N–H and O–H groups in total. The van der Waals surface area contributed by atoms with E-state index in [2.05, 4.69) is 39.0 Å². The van der Waals surface area contributed by atoms with Crippen LogP contribution in [0.4, 0.5) is 0 Å². The van der Waals surface area contributed by atoms with Gasteiger partial charge in [0.1, 0.15) is 6.10 Å². The lowest BCUT2D eigenvalue weighted by molar-refractivity contribution is -0.140. The van der Waals surface area contributed by atoms with Crippen molar-refractivity contribution in [1.82, 2.24) is 0 Å². The summed E-state index contributed by atoms with van der Waals surface area (Å²) in [6.07, 6.45) is 17.0. The highest BCUT2D eigenvalue weighted by molar-refractivity contribution is 5.89. The van der Waals surface area contributed by atoms with E-state index in [1.807, 2.05) is 30.3 Å². The van der Waals surface area contributed by atoms with E-state index in [4.69, 9.17) is 4.74 Å². The molecule has 4 aliphatic carbocycles. The number of aliphatic carboxylic acids is 1. The first-order valence-corrected chi connectivity index (χ1v) is 15.0. The lowest BCUT2D eigenvalue weighted by Crippen LogP contribution is -2.50. The largest absolute Gasteiger partial charge is 0.481 e. The Morgan fingerprint density at radius 1 is 1.03 bits per heavy atom. The van der Waals surface area contributed by atoms with Gasteiger partial charge in [0.15, 0.2) is 0 Å². The maximum Gasteiger partial charge on any atom is 0.338 e. The van der Waals surface area contributed by atoms with Gasteiger partial charge in [0, 0.05) is 0 Å². The van der Waals surface area contributed by atoms with Gasteiger partial charge >= 0.3 is 11.9 Å². The normalized spacial score (nSPS) is 37.9. The van der Waals surface area contributed by atoms with Crippen LogP contribution in [0, 0.1) is 46.3 Å². The molecule has 3 saturated carbocycles. The summed E-state index contributed by atoms with van der Waals surface area (Å²) >= 11 is 0. The van der Waals surface area contributed by atoms with E-state index in [-0.39, 0.29) is 18.0 Å². The summed E-state index contributed by atoms with van der Waals surface area (Å²) in [5.41, 5.74) is 3.03. The van der Waals surface area contributed by atoms with Gasteiger partial charge in [0.2, 0.25) is 0 Å². The molecule has 0 aliphatic heterocycles. The van der Waals surface area contributed by atoms with E-state index >= 15 is 0 Å². The van der Waals surface area contributed by atoms with Crippen LogP contribution in [0.15, 0.2) is 54.1 Å². The number of carbonyl (C=O) groups excluding carboxylic acids is 1. The number of carbonyl (C=O) groups is 2. The molecular formula is C34H46O4. The molecule has 0 radical (unpaired) electrons. The van der Waals surface area contributed by atoms with Gasteiger partial charge in [0.05, 0.1) is 11.5 Å². The van der Waals surface area contributed by atoms with Crippen LogP contribution in [0.2, 0.25) is 0 Å². The third kappa shape index (κ3) is 4.89. The van der Waals surface area contributed by atoms with Crippen molar-refractivity contribution >= 4 is 11.9 Å². The molecule has 3 fully saturated rings. The average Bonchev–Trinajstić information content (AvgIpc) is 3.26. The first-order chi connectivity index (χ1) is 18.1. The summed E-state index contributed by atoms with van der Waals surface area (Å²) in [7, 11) is 0.